The Morgan fingerprint density at radius 3 is 1.38 bits per heavy atom. The van der Waals surface area contributed by atoms with E-state index in [1.54, 1.807) is 0 Å². The monoisotopic (exact) mass is 346 g/mol. The number of nitrogens with zero attached hydrogens (tertiary/aromatic N) is 2. The molecule has 140 valence electrons. The Kier molecular flexibility index (Phi) is 11.6. The van der Waals surface area contributed by atoms with Crippen molar-refractivity contribution < 1.29 is 28.8 Å². The summed E-state index contributed by atoms with van der Waals surface area (Å²) in [7, 11) is 0. The average molecular weight is 346 g/mol. The van der Waals surface area contributed by atoms with Gasteiger partial charge in [0, 0.05) is 13.8 Å². The zero-order chi connectivity index (χ0) is 18.5. The Balaban J connectivity index is 5.19. The summed E-state index contributed by atoms with van der Waals surface area (Å²) in [6.07, 6.45) is 2.94. The minimum absolute atomic E-state index is 0.0661. The molecule has 0 heterocycles. The fraction of sp³-hybridized carbons (Fsp3) is 0.875. The lowest BCUT2D eigenvalue weighted by molar-refractivity contribution is -1.02. The number of hydrogen-bond donors (Lipinski definition) is 0. The maximum atomic E-state index is 12.3. The smallest absolute Gasteiger partial charge is 0.371 e. The molecule has 0 amide bonds. The van der Waals surface area contributed by atoms with Crippen molar-refractivity contribution in [3.05, 3.63) is 10.4 Å². The van der Waals surface area contributed by atoms with Gasteiger partial charge in [-0.05, 0) is 12.8 Å². The van der Waals surface area contributed by atoms with Crippen molar-refractivity contribution in [2.24, 2.45) is 0 Å². The molecule has 0 saturated carbocycles. The summed E-state index contributed by atoms with van der Waals surface area (Å²) in [5.74, 6) is -1.28. The van der Waals surface area contributed by atoms with Crippen LogP contribution in [0.4, 0.5) is 0 Å². The van der Waals surface area contributed by atoms with Crippen LogP contribution in [0.5, 0.6) is 0 Å². The zero-order valence-corrected chi connectivity index (χ0v) is 15.2. The molecule has 0 aromatic rings. The molecular weight excluding hydrogens is 316 g/mol. The third kappa shape index (κ3) is 9.32. The molecule has 0 aliphatic carbocycles. The van der Waals surface area contributed by atoms with E-state index < -0.39 is 24.4 Å². The van der Waals surface area contributed by atoms with Crippen LogP contribution in [0.3, 0.4) is 0 Å². The number of esters is 2. The van der Waals surface area contributed by atoms with Crippen molar-refractivity contribution in [1.82, 2.24) is 0 Å². The highest BCUT2D eigenvalue weighted by molar-refractivity contribution is 5.66. The van der Waals surface area contributed by atoms with Gasteiger partial charge in [0.2, 0.25) is 0 Å². The van der Waals surface area contributed by atoms with E-state index in [1.165, 1.54) is 13.8 Å². The molecule has 24 heavy (non-hydrogen) atoms. The lowest BCUT2D eigenvalue weighted by atomic mass is 10.2. The van der Waals surface area contributed by atoms with Gasteiger partial charge in [0.1, 0.15) is 0 Å². The number of ether oxygens (including phenoxy) is 2. The number of carbonyl (C=O) groups is 2. The first kappa shape index (κ1) is 22.1. The maximum absolute atomic E-state index is 12.3. The van der Waals surface area contributed by atoms with E-state index in [-0.39, 0.29) is 22.6 Å². The van der Waals surface area contributed by atoms with Gasteiger partial charge < -0.3 is 19.9 Å². The van der Waals surface area contributed by atoms with Crippen molar-refractivity contribution in [3.8, 4) is 0 Å². The Bertz CT molecular complexity index is 387. The Labute approximate surface area is 143 Å². The van der Waals surface area contributed by atoms with Crippen molar-refractivity contribution in [3.63, 3.8) is 0 Å². The fourth-order valence-corrected chi connectivity index (χ4v) is 2.20. The molecule has 0 aliphatic rings. The molecule has 0 bridgehead atoms. The first-order valence-corrected chi connectivity index (χ1v) is 8.60. The normalized spacial score (nSPS) is 14.5. The molecule has 0 N–H and O–H groups in total. The Hall–Kier alpha value is -1.86. The lowest BCUT2D eigenvalue weighted by Gasteiger charge is -2.17. The molecule has 2 atom stereocenters. The van der Waals surface area contributed by atoms with E-state index in [9.17, 15) is 20.0 Å². The predicted octanol–water partition coefficient (Wildman–Crippen LogP) is 3.40. The molecule has 0 rings (SSSR count). The van der Waals surface area contributed by atoms with Gasteiger partial charge >= 0.3 is 24.4 Å². The lowest BCUT2D eigenvalue weighted by Crippen LogP contribution is -2.38. The summed E-state index contributed by atoms with van der Waals surface area (Å²) < 4.78 is 9.91. The first-order valence-electron chi connectivity index (χ1n) is 8.60. The van der Waals surface area contributed by atoms with Crippen LogP contribution in [0.25, 0.3) is 0 Å². The molecule has 0 radical (unpaired) electrons. The summed E-state index contributed by atoms with van der Waals surface area (Å²) in [5, 5.41) is 24.6. The summed E-state index contributed by atoms with van der Waals surface area (Å²) in [5.41, 5.74) is 0. The largest absolute Gasteiger partial charge is 0.563 e. The SMILES string of the molecule is CCCCCC(OC(C)=O)/[N+]([O-])=[N+](\[O-])C(CCCCC)OC(C)=O. The highest BCUT2D eigenvalue weighted by Gasteiger charge is 2.32. The van der Waals surface area contributed by atoms with Gasteiger partial charge in [-0.2, -0.15) is 0 Å². The van der Waals surface area contributed by atoms with E-state index in [2.05, 4.69) is 0 Å². The fourth-order valence-electron chi connectivity index (χ4n) is 2.20. The predicted molar refractivity (Wildman–Crippen MR) is 86.6 cm³/mol. The van der Waals surface area contributed by atoms with Crippen LogP contribution >= 0.6 is 0 Å². The van der Waals surface area contributed by atoms with Crippen LogP contribution in [0.2, 0.25) is 0 Å². The van der Waals surface area contributed by atoms with E-state index in [0.29, 0.717) is 12.8 Å². The number of unbranched alkanes of at least 4 members (excludes halogenated alkanes) is 4. The van der Waals surface area contributed by atoms with Crippen LogP contribution in [0.15, 0.2) is 0 Å². The highest BCUT2D eigenvalue weighted by atomic mass is 16.7. The molecule has 8 heteroatoms. The molecule has 2 unspecified atom stereocenters. The second-order valence-electron chi connectivity index (χ2n) is 5.72. The molecule has 0 saturated heterocycles. The molecule has 8 nitrogen and oxygen atoms in total. The number of rotatable bonds is 12. The van der Waals surface area contributed by atoms with Gasteiger partial charge in [-0.15, -0.1) is 0 Å². The topological polar surface area (TPSA) is 105 Å². The molecule has 0 aromatic heterocycles. The summed E-state index contributed by atoms with van der Waals surface area (Å²) >= 11 is 0. The number of carbonyl (C=O) groups excluding carboxylic acids is 2. The van der Waals surface area contributed by atoms with Gasteiger partial charge in [0.05, 0.1) is 22.6 Å². The number of hydroxylamine groups is 2. The standard InChI is InChI=1S/C16H30N2O6/c1-5-7-9-11-15(23-13(3)19)17(21)18(22)16(24-14(4)20)12-10-8-6-2/h15-16H,5-12H2,1-4H3/b18-17+. The van der Waals surface area contributed by atoms with E-state index in [4.69, 9.17) is 9.47 Å². The van der Waals surface area contributed by atoms with Crippen LogP contribution in [0.1, 0.15) is 79.1 Å². The maximum Gasteiger partial charge on any atom is 0.371 e. The number of hydrogen-bond acceptors (Lipinski definition) is 6. The molecular formula is C16H30N2O6. The van der Waals surface area contributed by atoms with Gasteiger partial charge in [-0.25, -0.2) is 0 Å². The van der Waals surface area contributed by atoms with E-state index in [0.717, 1.165) is 25.7 Å². The van der Waals surface area contributed by atoms with E-state index >= 15 is 0 Å². The quantitative estimate of drug-likeness (QED) is 0.134. The van der Waals surface area contributed by atoms with Crippen molar-refractivity contribution in [2.75, 3.05) is 0 Å². The van der Waals surface area contributed by atoms with E-state index in [1.807, 2.05) is 13.8 Å². The molecule has 0 fully saturated rings. The van der Waals surface area contributed by atoms with Gasteiger partial charge in [-0.1, -0.05) is 39.5 Å². The van der Waals surface area contributed by atoms with Crippen LogP contribution < -0.4 is 0 Å². The minimum atomic E-state index is -1.21. The highest BCUT2D eigenvalue weighted by Crippen LogP contribution is 2.13. The van der Waals surface area contributed by atoms with Crippen molar-refractivity contribution in [2.45, 2.75) is 91.5 Å². The average Bonchev–Trinajstić information content (AvgIpc) is 2.51. The third-order valence-electron chi connectivity index (χ3n) is 3.40. The second-order valence-corrected chi connectivity index (χ2v) is 5.72. The summed E-state index contributed by atoms with van der Waals surface area (Å²) in [6.45, 7) is 6.36. The van der Waals surface area contributed by atoms with Crippen molar-refractivity contribution >= 4 is 11.9 Å². The van der Waals surface area contributed by atoms with Crippen LogP contribution in [0, 0.1) is 10.4 Å². The second kappa shape index (κ2) is 12.5. The molecule has 0 spiro atoms. The zero-order valence-electron chi connectivity index (χ0n) is 15.2. The van der Waals surface area contributed by atoms with Crippen LogP contribution in [-0.2, 0) is 19.1 Å². The third-order valence-corrected chi connectivity index (χ3v) is 3.40. The van der Waals surface area contributed by atoms with Gasteiger partial charge in [0.25, 0.3) is 0 Å². The Morgan fingerprint density at radius 2 is 1.12 bits per heavy atom. The summed E-state index contributed by atoms with van der Waals surface area (Å²) in [6, 6.07) is 0. The van der Waals surface area contributed by atoms with Gasteiger partial charge in [-0.3, -0.25) is 9.59 Å². The van der Waals surface area contributed by atoms with Gasteiger partial charge in [0.15, 0.2) is 0 Å². The van der Waals surface area contributed by atoms with Crippen LogP contribution in [-0.4, -0.2) is 34.1 Å². The molecule has 0 aromatic carbocycles. The summed E-state index contributed by atoms with van der Waals surface area (Å²) in [4.78, 5) is 22.5. The molecule has 0 aliphatic heterocycles. The number of azo groups is 1. The minimum Gasteiger partial charge on any atom is -0.563 e. The first-order chi connectivity index (χ1) is 11.3. The van der Waals surface area contributed by atoms with Crippen molar-refractivity contribution in [1.29, 1.82) is 0 Å². The Morgan fingerprint density at radius 1 is 0.792 bits per heavy atom.